The van der Waals surface area contributed by atoms with Gasteiger partial charge in [0.2, 0.25) is 0 Å². The summed E-state index contributed by atoms with van der Waals surface area (Å²) >= 11 is 11.5. The van der Waals surface area contributed by atoms with Crippen LogP contribution in [0.25, 0.3) is 32.9 Å². The predicted octanol–water partition coefficient (Wildman–Crippen LogP) is 6.03. The number of rotatable bonds is 8. The number of benzene rings is 1. The van der Waals surface area contributed by atoms with Gasteiger partial charge in [0.1, 0.15) is 19.0 Å². The molecule has 0 unspecified atom stereocenters. The van der Waals surface area contributed by atoms with Crippen molar-refractivity contribution in [1.29, 1.82) is 0 Å². The number of halogens is 2. The van der Waals surface area contributed by atoms with Crippen molar-refractivity contribution in [1.82, 2.24) is 9.88 Å². The summed E-state index contributed by atoms with van der Waals surface area (Å²) < 4.78 is 11.5. The molecular weight excluding hydrogens is 435 g/mol. The minimum absolute atomic E-state index is 0.136. The standard InChI is InChI=1S/C24H24Cl2N2O3/c1-16-17-6-4-7-19(17)22(15-20-18-5-2-3-8-21(18)27-23(16)20)30-13-14-31-24(29)28(11-9-25)12-10-26/h2-8,15,27H,9-14H2,1H3. The Kier molecular flexibility index (Phi) is 6.73. The average molecular weight is 459 g/mol. The number of aryl methyl sites for hydroxylation is 1. The average Bonchev–Trinajstić information content (AvgIpc) is 3.38. The van der Waals surface area contributed by atoms with Crippen molar-refractivity contribution in [2.45, 2.75) is 6.92 Å². The Hall–Kier alpha value is -2.63. The number of aromatic nitrogens is 1. The number of para-hydroxylation sites is 1. The van der Waals surface area contributed by atoms with Gasteiger partial charge in [-0.15, -0.1) is 23.2 Å². The van der Waals surface area contributed by atoms with Gasteiger partial charge in [0, 0.05) is 46.7 Å². The molecule has 1 aromatic carbocycles. The molecule has 1 aromatic heterocycles. The molecular formula is C24H24Cl2N2O3. The predicted molar refractivity (Wildman–Crippen MR) is 127 cm³/mol. The molecule has 162 valence electrons. The topological polar surface area (TPSA) is 54.6 Å². The number of carbonyl (C=O) groups is 1. The summed E-state index contributed by atoms with van der Waals surface area (Å²) in [6, 6.07) is 16.5. The molecule has 5 nitrogen and oxygen atoms in total. The fraction of sp³-hybridized carbons (Fsp3) is 0.292. The van der Waals surface area contributed by atoms with Gasteiger partial charge >= 0.3 is 6.09 Å². The van der Waals surface area contributed by atoms with E-state index in [4.69, 9.17) is 32.7 Å². The number of H-pyrrole nitrogens is 1. The third-order valence-electron chi connectivity index (χ3n) is 5.42. The van der Waals surface area contributed by atoms with Crippen LogP contribution in [-0.2, 0) is 4.74 Å². The molecule has 0 radical (unpaired) electrons. The van der Waals surface area contributed by atoms with E-state index in [1.54, 1.807) is 0 Å². The molecule has 1 amide bonds. The Balaban J connectivity index is 1.57. The monoisotopic (exact) mass is 458 g/mol. The molecule has 4 rings (SSSR count). The normalized spacial score (nSPS) is 11.3. The number of aromatic amines is 1. The SMILES string of the molecule is Cc1c2cccc-2c(OCCOC(=O)N(CCCl)CCCl)cc2c1[nH]c1ccccc12. The highest BCUT2D eigenvalue weighted by atomic mass is 35.5. The summed E-state index contributed by atoms with van der Waals surface area (Å²) in [4.78, 5) is 17.3. The van der Waals surface area contributed by atoms with Crippen molar-refractivity contribution in [2.24, 2.45) is 0 Å². The Bertz CT molecular complexity index is 1170. The number of alkyl halides is 2. The Morgan fingerprint density at radius 2 is 1.71 bits per heavy atom. The highest BCUT2D eigenvalue weighted by Gasteiger charge is 2.17. The van der Waals surface area contributed by atoms with E-state index in [2.05, 4.69) is 36.2 Å². The molecule has 2 aliphatic carbocycles. The van der Waals surface area contributed by atoms with E-state index in [0.29, 0.717) is 24.8 Å². The largest absolute Gasteiger partial charge is 0.489 e. The summed E-state index contributed by atoms with van der Waals surface area (Å²) in [5, 5.41) is 2.25. The van der Waals surface area contributed by atoms with Crippen LogP contribution in [0.3, 0.4) is 0 Å². The van der Waals surface area contributed by atoms with Gasteiger partial charge in [-0.25, -0.2) is 4.79 Å². The van der Waals surface area contributed by atoms with Crippen molar-refractivity contribution in [2.75, 3.05) is 38.1 Å². The highest BCUT2D eigenvalue weighted by molar-refractivity contribution is 6.18. The lowest BCUT2D eigenvalue weighted by Gasteiger charge is -2.20. The molecule has 0 spiro atoms. The zero-order valence-corrected chi connectivity index (χ0v) is 18.8. The van der Waals surface area contributed by atoms with Crippen molar-refractivity contribution in [3.05, 3.63) is 54.1 Å². The van der Waals surface area contributed by atoms with Crippen LogP contribution in [0.2, 0.25) is 0 Å². The number of carbonyl (C=O) groups excluding carboxylic acids is 1. The minimum Gasteiger partial charge on any atom is -0.489 e. The lowest BCUT2D eigenvalue weighted by atomic mass is 10.1. The van der Waals surface area contributed by atoms with Crippen molar-refractivity contribution >= 4 is 51.1 Å². The maximum absolute atomic E-state index is 12.2. The van der Waals surface area contributed by atoms with E-state index in [9.17, 15) is 4.79 Å². The fourth-order valence-corrected chi connectivity index (χ4v) is 4.31. The minimum atomic E-state index is -0.433. The lowest BCUT2D eigenvalue weighted by Crippen LogP contribution is -2.35. The number of hydrogen-bond acceptors (Lipinski definition) is 3. The second-order valence-electron chi connectivity index (χ2n) is 7.27. The molecule has 1 N–H and O–H groups in total. The van der Waals surface area contributed by atoms with Gasteiger partial charge in [0.05, 0.1) is 5.52 Å². The molecule has 2 aliphatic rings. The van der Waals surface area contributed by atoms with Crippen LogP contribution in [0.4, 0.5) is 4.79 Å². The van der Waals surface area contributed by atoms with Gasteiger partial charge in [-0.2, -0.15) is 0 Å². The maximum atomic E-state index is 12.2. The first-order valence-electron chi connectivity index (χ1n) is 10.2. The number of amides is 1. The van der Waals surface area contributed by atoms with Crippen LogP contribution < -0.4 is 4.74 Å². The molecule has 1 heterocycles. The molecule has 0 bridgehead atoms. The summed E-state index contributed by atoms with van der Waals surface area (Å²) in [5.41, 5.74) is 5.51. The molecule has 7 heteroatoms. The fourth-order valence-electron chi connectivity index (χ4n) is 3.90. The first-order valence-corrected chi connectivity index (χ1v) is 11.3. The van der Waals surface area contributed by atoms with Crippen molar-refractivity contribution in [3.63, 3.8) is 0 Å². The zero-order valence-electron chi connectivity index (χ0n) is 17.3. The molecule has 0 atom stereocenters. The van der Waals surface area contributed by atoms with E-state index in [1.165, 1.54) is 10.5 Å². The van der Waals surface area contributed by atoms with Gasteiger partial charge < -0.3 is 19.4 Å². The van der Waals surface area contributed by atoms with E-state index < -0.39 is 6.09 Å². The maximum Gasteiger partial charge on any atom is 0.409 e. The molecule has 0 fully saturated rings. The third-order valence-corrected chi connectivity index (χ3v) is 5.75. The summed E-state index contributed by atoms with van der Waals surface area (Å²) in [7, 11) is 0. The van der Waals surface area contributed by atoms with Crippen LogP contribution in [-0.4, -0.2) is 54.0 Å². The van der Waals surface area contributed by atoms with E-state index >= 15 is 0 Å². The molecule has 2 aromatic rings. The third kappa shape index (κ3) is 4.39. The summed E-state index contributed by atoms with van der Waals surface area (Å²) in [6.45, 7) is 3.29. The number of hydrogen-bond donors (Lipinski definition) is 1. The lowest BCUT2D eigenvalue weighted by molar-refractivity contribution is 0.0918. The van der Waals surface area contributed by atoms with Gasteiger partial charge in [-0.1, -0.05) is 36.4 Å². The summed E-state index contributed by atoms with van der Waals surface area (Å²) in [6.07, 6.45) is -0.433. The Labute approximate surface area is 191 Å². The highest BCUT2D eigenvalue weighted by Crippen LogP contribution is 2.40. The van der Waals surface area contributed by atoms with Crippen molar-refractivity contribution < 1.29 is 14.3 Å². The summed E-state index contributed by atoms with van der Waals surface area (Å²) in [5.74, 6) is 1.42. The van der Waals surface area contributed by atoms with Gasteiger partial charge in [0.25, 0.3) is 0 Å². The van der Waals surface area contributed by atoms with Crippen LogP contribution in [0.1, 0.15) is 5.56 Å². The first-order chi connectivity index (χ1) is 15.1. The van der Waals surface area contributed by atoms with E-state index in [1.807, 2.05) is 24.3 Å². The first kappa shape index (κ1) is 21.6. The quantitative estimate of drug-likeness (QED) is 0.259. The van der Waals surface area contributed by atoms with E-state index in [0.717, 1.165) is 38.7 Å². The molecule has 0 saturated heterocycles. The van der Waals surface area contributed by atoms with Crippen LogP contribution >= 0.6 is 23.2 Å². The Morgan fingerprint density at radius 1 is 0.968 bits per heavy atom. The molecule has 0 aliphatic heterocycles. The van der Waals surface area contributed by atoms with Crippen LogP contribution in [0.15, 0.2) is 48.5 Å². The number of ether oxygens (including phenoxy) is 2. The van der Waals surface area contributed by atoms with Gasteiger partial charge in [0.15, 0.2) is 0 Å². The van der Waals surface area contributed by atoms with Crippen LogP contribution in [0.5, 0.6) is 5.75 Å². The molecule has 0 saturated carbocycles. The second kappa shape index (κ2) is 9.67. The number of nitrogens with zero attached hydrogens (tertiary/aromatic N) is 1. The van der Waals surface area contributed by atoms with E-state index in [-0.39, 0.29) is 13.2 Å². The van der Waals surface area contributed by atoms with Crippen LogP contribution in [0, 0.1) is 6.92 Å². The zero-order chi connectivity index (χ0) is 21.8. The Morgan fingerprint density at radius 3 is 2.48 bits per heavy atom. The molecule has 31 heavy (non-hydrogen) atoms. The second-order valence-corrected chi connectivity index (χ2v) is 8.03. The van der Waals surface area contributed by atoms with Crippen molar-refractivity contribution in [3.8, 4) is 16.9 Å². The van der Waals surface area contributed by atoms with Gasteiger partial charge in [-0.05, 0) is 30.2 Å². The number of nitrogens with one attached hydrogen (secondary N) is 1. The number of fused-ring (bicyclic) bond motifs is 4. The van der Waals surface area contributed by atoms with Gasteiger partial charge in [-0.3, -0.25) is 0 Å². The smallest absolute Gasteiger partial charge is 0.409 e.